The van der Waals surface area contributed by atoms with Crippen LogP contribution >= 0.6 is 0 Å². The van der Waals surface area contributed by atoms with E-state index >= 15 is 0 Å². The number of hydrogen-bond acceptors (Lipinski definition) is 2. The van der Waals surface area contributed by atoms with Crippen LogP contribution in [0.2, 0.25) is 0 Å². The molecule has 3 nitrogen and oxygen atoms in total. The number of carboxylic acids is 1. The summed E-state index contributed by atoms with van der Waals surface area (Å²) < 4.78 is 5.52. The van der Waals surface area contributed by atoms with Gasteiger partial charge in [-0.05, 0) is 24.8 Å². The van der Waals surface area contributed by atoms with Crippen molar-refractivity contribution in [1.29, 1.82) is 0 Å². The zero-order chi connectivity index (χ0) is 12.4. The Kier molecular flexibility index (Phi) is 3.00. The van der Waals surface area contributed by atoms with Crippen LogP contribution in [0.25, 0.3) is 10.8 Å². The third-order valence-corrected chi connectivity index (χ3v) is 2.72. The molecule has 0 amide bonds. The number of carboxylic acid groups (broad SMARTS) is 1. The van der Waals surface area contributed by atoms with Crippen LogP contribution in [0.15, 0.2) is 36.4 Å². The molecule has 1 N–H and O–H groups in total. The molecule has 0 aliphatic heterocycles. The lowest BCUT2D eigenvalue weighted by Gasteiger charge is -2.15. The Morgan fingerprint density at radius 2 is 1.94 bits per heavy atom. The molecule has 0 aromatic heterocycles. The Balaban J connectivity index is 2.51. The second kappa shape index (κ2) is 4.45. The largest absolute Gasteiger partial charge is 0.479 e. The number of fused-ring (bicyclic) bond motifs is 1. The van der Waals surface area contributed by atoms with Gasteiger partial charge in [0.2, 0.25) is 0 Å². The van der Waals surface area contributed by atoms with E-state index in [0.29, 0.717) is 5.75 Å². The topological polar surface area (TPSA) is 46.5 Å². The van der Waals surface area contributed by atoms with Crippen LogP contribution < -0.4 is 4.74 Å². The summed E-state index contributed by atoms with van der Waals surface area (Å²) in [7, 11) is 0. The predicted molar refractivity (Wildman–Crippen MR) is 66.4 cm³/mol. The lowest BCUT2D eigenvalue weighted by atomic mass is 10.1. The van der Waals surface area contributed by atoms with Gasteiger partial charge in [-0.1, -0.05) is 36.4 Å². The standard InChI is InChI=1S/C14H14O3/c1-9-7-8-11-5-3-4-6-12(11)13(9)17-10(2)14(15)16/h3-8,10H,1-2H3,(H,15,16). The van der Waals surface area contributed by atoms with E-state index in [1.165, 1.54) is 6.92 Å². The van der Waals surface area contributed by atoms with Crippen molar-refractivity contribution in [3.05, 3.63) is 42.0 Å². The van der Waals surface area contributed by atoms with Crippen molar-refractivity contribution in [3.63, 3.8) is 0 Å². The predicted octanol–water partition coefficient (Wildman–Crippen LogP) is 3.00. The molecule has 0 aliphatic rings. The van der Waals surface area contributed by atoms with Crippen LogP contribution in [0.4, 0.5) is 0 Å². The van der Waals surface area contributed by atoms with E-state index in [4.69, 9.17) is 9.84 Å². The third-order valence-electron chi connectivity index (χ3n) is 2.72. The van der Waals surface area contributed by atoms with Gasteiger partial charge < -0.3 is 9.84 Å². The van der Waals surface area contributed by atoms with Gasteiger partial charge in [0, 0.05) is 5.39 Å². The van der Waals surface area contributed by atoms with Gasteiger partial charge in [0.1, 0.15) is 5.75 Å². The van der Waals surface area contributed by atoms with Crippen molar-refractivity contribution in [2.75, 3.05) is 0 Å². The minimum absolute atomic E-state index is 0.651. The van der Waals surface area contributed by atoms with E-state index in [0.717, 1.165) is 16.3 Å². The molecule has 3 heteroatoms. The second-order valence-corrected chi connectivity index (χ2v) is 4.03. The van der Waals surface area contributed by atoms with Gasteiger partial charge in [-0.3, -0.25) is 0 Å². The van der Waals surface area contributed by atoms with Crippen molar-refractivity contribution in [2.45, 2.75) is 20.0 Å². The normalized spacial score (nSPS) is 12.4. The quantitative estimate of drug-likeness (QED) is 0.881. The van der Waals surface area contributed by atoms with Gasteiger partial charge in [0.05, 0.1) is 0 Å². The summed E-state index contributed by atoms with van der Waals surface area (Å²) in [5, 5.41) is 10.9. The van der Waals surface area contributed by atoms with Crippen molar-refractivity contribution in [1.82, 2.24) is 0 Å². The molecule has 1 atom stereocenters. The molecule has 0 bridgehead atoms. The Labute approximate surface area is 99.6 Å². The van der Waals surface area contributed by atoms with Crippen LogP contribution in [0.3, 0.4) is 0 Å². The fourth-order valence-electron chi connectivity index (χ4n) is 1.74. The first-order valence-electron chi connectivity index (χ1n) is 5.47. The Hall–Kier alpha value is -2.03. The summed E-state index contributed by atoms with van der Waals surface area (Å²) in [6.07, 6.45) is -0.848. The Morgan fingerprint density at radius 3 is 2.65 bits per heavy atom. The summed E-state index contributed by atoms with van der Waals surface area (Å²) in [6.45, 7) is 3.44. The molecule has 0 saturated carbocycles. The Bertz CT molecular complexity index is 560. The zero-order valence-electron chi connectivity index (χ0n) is 9.81. The zero-order valence-corrected chi connectivity index (χ0v) is 9.81. The van der Waals surface area contributed by atoms with Crippen molar-refractivity contribution >= 4 is 16.7 Å². The van der Waals surface area contributed by atoms with E-state index in [9.17, 15) is 4.79 Å². The Morgan fingerprint density at radius 1 is 1.24 bits per heavy atom. The molecule has 0 fully saturated rings. The highest BCUT2D eigenvalue weighted by atomic mass is 16.5. The van der Waals surface area contributed by atoms with Crippen molar-refractivity contribution < 1.29 is 14.6 Å². The number of benzene rings is 2. The number of hydrogen-bond donors (Lipinski definition) is 1. The summed E-state index contributed by atoms with van der Waals surface area (Å²) in [5.41, 5.74) is 0.941. The summed E-state index contributed by atoms with van der Waals surface area (Å²) in [6, 6.07) is 11.7. The lowest BCUT2D eigenvalue weighted by molar-refractivity contribution is -0.144. The van der Waals surface area contributed by atoms with Gasteiger partial charge in [-0.15, -0.1) is 0 Å². The fourth-order valence-corrected chi connectivity index (χ4v) is 1.74. The van der Waals surface area contributed by atoms with Crippen LogP contribution in [-0.2, 0) is 4.79 Å². The molecule has 2 aromatic rings. The summed E-state index contributed by atoms with van der Waals surface area (Å²) >= 11 is 0. The summed E-state index contributed by atoms with van der Waals surface area (Å²) in [4.78, 5) is 10.8. The minimum atomic E-state index is -0.961. The van der Waals surface area contributed by atoms with E-state index in [1.807, 2.05) is 43.3 Å². The van der Waals surface area contributed by atoms with Gasteiger partial charge in [-0.25, -0.2) is 4.79 Å². The van der Waals surface area contributed by atoms with Gasteiger partial charge in [0.25, 0.3) is 0 Å². The number of aryl methyl sites for hydroxylation is 1. The maximum absolute atomic E-state index is 10.8. The van der Waals surface area contributed by atoms with Gasteiger partial charge in [-0.2, -0.15) is 0 Å². The van der Waals surface area contributed by atoms with Crippen molar-refractivity contribution in [2.24, 2.45) is 0 Å². The highest BCUT2D eigenvalue weighted by Gasteiger charge is 2.15. The monoisotopic (exact) mass is 230 g/mol. The first-order chi connectivity index (χ1) is 8.09. The molecule has 0 radical (unpaired) electrons. The van der Waals surface area contributed by atoms with E-state index in [-0.39, 0.29) is 0 Å². The number of rotatable bonds is 3. The molecule has 2 aromatic carbocycles. The van der Waals surface area contributed by atoms with Gasteiger partial charge >= 0.3 is 5.97 Å². The van der Waals surface area contributed by atoms with Crippen LogP contribution in [0.5, 0.6) is 5.75 Å². The van der Waals surface area contributed by atoms with Crippen LogP contribution in [0, 0.1) is 6.92 Å². The maximum atomic E-state index is 10.8. The third kappa shape index (κ3) is 2.23. The van der Waals surface area contributed by atoms with Crippen LogP contribution in [-0.4, -0.2) is 17.2 Å². The number of carbonyl (C=O) groups is 1. The molecular weight excluding hydrogens is 216 g/mol. The van der Waals surface area contributed by atoms with E-state index in [1.54, 1.807) is 0 Å². The fraction of sp³-hybridized carbons (Fsp3) is 0.214. The van der Waals surface area contributed by atoms with E-state index in [2.05, 4.69) is 0 Å². The highest BCUT2D eigenvalue weighted by molar-refractivity contribution is 5.89. The van der Waals surface area contributed by atoms with Gasteiger partial charge in [0.15, 0.2) is 6.10 Å². The minimum Gasteiger partial charge on any atom is -0.479 e. The molecule has 1 unspecified atom stereocenters. The highest BCUT2D eigenvalue weighted by Crippen LogP contribution is 2.30. The molecule has 88 valence electrons. The van der Waals surface area contributed by atoms with E-state index < -0.39 is 12.1 Å². The lowest BCUT2D eigenvalue weighted by Crippen LogP contribution is -2.23. The number of ether oxygens (including phenoxy) is 1. The first-order valence-corrected chi connectivity index (χ1v) is 5.47. The molecule has 2 rings (SSSR count). The molecular formula is C14H14O3. The molecule has 0 spiro atoms. The average molecular weight is 230 g/mol. The second-order valence-electron chi connectivity index (χ2n) is 4.03. The molecule has 0 heterocycles. The average Bonchev–Trinajstić information content (AvgIpc) is 2.32. The molecule has 17 heavy (non-hydrogen) atoms. The summed E-state index contributed by atoms with van der Waals surface area (Å²) in [5.74, 6) is -0.310. The van der Waals surface area contributed by atoms with Crippen LogP contribution in [0.1, 0.15) is 12.5 Å². The number of aliphatic carboxylic acids is 1. The van der Waals surface area contributed by atoms with Crippen molar-refractivity contribution in [3.8, 4) is 5.75 Å². The first kappa shape index (κ1) is 11.5. The molecule has 0 saturated heterocycles. The SMILES string of the molecule is Cc1ccc2ccccc2c1OC(C)C(=O)O. The molecule has 0 aliphatic carbocycles. The maximum Gasteiger partial charge on any atom is 0.344 e. The smallest absolute Gasteiger partial charge is 0.344 e.